The van der Waals surface area contributed by atoms with E-state index in [0.29, 0.717) is 6.08 Å². The average molecular weight is 244 g/mol. The van der Waals surface area contributed by atoms with Crippen LogP contribution in [-0.4, -0.2) is 25.2 Å². The lowest BCUT2D eigenvalue weighted by Crippen LogP contribution is -2.06. The molecule has 0 spiro atoms. The summed E-state index contributed by atoms with van der Waals surface area (Å²) in [5.74, 6) is -3.92. The van der Waals surface area contributed by atoms with Gasteiger partial charge in [0.1, 0.15) is 0 Å². The van der Waals surface area contributed by atoms with Crippen LogP contribution in [0.5, 0.6) is 0 Å². The van der Waals surface area contributed by atoms with Crippen LogP contribution >= 0.6 is 0 Å². The SMILES string of the molecule is O=C(O)C(F)=CCS(=O)(=O)c1ccccc1. The van der Waals surface area contributed by atoms with Gasteiger partial charge in [-0.05, 0) is 18.2 Å². The van der Waals surface area contributed by atoms with E-state index in [4.69, 9.17) is 5.11 Å². The minimum absolute atomic E-state index is 0.0319. The Morgan fingerprint density at radius 3 is 2.38 bits per heavy atom. The topological polar surface area (TPSA) is 71.4 Å². The summed E-state index contributed by atoms with van der Waals surface area (Å²) in [4.78, 5) is 10.1. The molecule has 1 rings (SSSR count). The molecule has 0 radical (unpaired) electrons. The second kappa shape index (κ2) is 4.89. The van der Waals surface area contributed by atoms with Crippen LogP contribution in [0, 0.1) is 0 Å². The fourth-order valence-electron chi connectivity index (χ4n) is 0.994. The largest absolute Gasteiger partial charge is 0.476 e. The molecule has 0 aromatic heterocycles. The van der Waals surface area contributed by atoms with Gasteiger partial charge in [0.25, 0.3) is 0 Å². The highest BCUT2D eigenvalue weighted by Gasteiger charge is 2.14. The number of carbonyl (C=O) groups is 1. The Bertz CT molecular complexity index is 505. The molecule has 0 unspecified atom stereocenters. The van der Waals surface area contributed by atoms with E-state index in [1.165, 1.54) is 24.3 Å². The van der Waals surface area contributed by atoms with Crippen molar-refractivity contribution in [3.05, 3.63) is 42.2 Å². The Morgan fingerprint density at radius 1 is 1.31 bits per heavy atom. The van der Waals surface area contributed by atoms with Crippen LogP contribution in [0.4, 0.5) is 4.39 Å². The standard InChI is InChI=1S/C10H9FO4S/c11-9(10(12)13)6-7-16(14,15)8-4-2-1-3-5-8/h1-6H,7H2,(H,12,13). The van der Waals surface area contributed by atoms with Crippen LogP contribution < -0.4 is 0 Å². The highest BCUT2D eigenvalue weighted by molar-refractivity contribution is 7.91. The molecule has 0 aliphatic heterocycles. The summed E-state index contributed by atoms with van der Waals surface area (Å²) >= 11 is 0. The van der Waals surface area contributed by atoms with Crippen molar-refractivity contribution in [2.24, 2.45) is 0 Å². The smallest absolute Gasteiger partial charge is 0.364 e. The van der Waals surface area contributed by atoms with Crippen molar-refractivity contribution in [3.8, 4) is 0 Å². The zero-order chi connectivity index (χ0) is 12.2. The summed E-state index contributed by atoms with van der Waals surface area (Å²) < 4.78 is 35.7. The molecule has 16 heavy (non-hydrogen) atoms. The number of sulfone groups is 1. The Morgan fingerprint density at radius 2 is 1.88 bits per heavy atom. The zero-order valence-electron chi connectivity index (χ0n) is 8.13. The number of carboxylic acids is 1. The van der Waals surface area contributed by atoms with Crippen molar-refractivity contribution in [3.63, 3.8) is 0 Å². The van der Waals surface area contributed by atoms with E-state index < -0.39 is 27.4 Å². The number of hydrogen-bond acceptors (Lipinski definition) is 3. The first-order valence-electron chi connectivity index (χ1n) is 4.30. The fraction of sp³-hybridized carbons (Fsp3) is 0.100. The maximum absolute atomic E-state index is 12.6. The minimum Gasteiger partial charge on any atom is -0.476 e. The van der Waals surface area contributed by atoms with Gasteiger partial charge in [0.05, 0.1) is 10.6 Å². The number of hydrogen-bond donors (Lipinski definition) is 1. The first kappa shape index (κ1) is 12.4. The Kier molecular flexibility index (Phi) is 3.78. The lowest BCUT2D eigenvalue weighted by molar-refractivity contribution is -0.134. The van der Waals surface area contributed by atoms with E-state index in [-0.39, 0.29) is 4.90 Å². The van der Waals surface area contributed by atoms with Gasteiger partial charge in [0.15, 0.2) is 9.84 Å². The molecule has 6 heteroatoms. The maximum atomic E-state index is 12.6. The molecule has 1 N–H and O–H groups in total. The monoisotopic (exact) mass is 244 g/mol. The van der Waals surface area contributed by atoms with Crippen molar-refractivity contribution in [1.29, 1.82) is 0 Å². The van der Waals surface area contributed by atoms with Gasteiger partial charge < -0.3 is 5.11 Å². The van der Waals surface area contributed by atoms with E-state index >= 15 is 0 Å². The highest BCUT2D eigenvalue weighted by Crippen LogP contribution is 2.11. The van der Waals surface area contributed by atoms with Crippen molar-refractivity contribution in [2.45, 2.75) is 4.90 Å². The summed E-state index contributed by atoms with van der Waals surface area (Å²) in [6.07, 6.45) is 0.532. The third-order valence-electron chi connectivity index (χ3n) is 1.79. The molecule has 86 valence electrons. The summed E-state index contributed by atoms with van der Waals surface area (Å²) in [5.41, 5.74) is 0. The highest BCUT2D eigenvalue weighted by atomic mass is 32.2. The normalized spacial score (nSPS) is 12.4. The molecular formula is C10H9FO4S. The summed E-state index contributed by atoms with van der Waals surface area (Å²) in [6, 6.07) is 7.44. The minimum atomic E-state index is -3.67. The number of benzene rings is 1. The van der Waals surface area contributed by atoms with Crippen molar-refractivity contribution in [2.75, 3.05) is 5.75 Å². The molecule has 0 amide bonds. The summed E-state index contributed by atoms with van der Waals surface area (Å²) in [5, 5.41) is 8.21. The van der Waals surface area contributed by atoms with Crippen LogP contribution in [0.2, 0.25) is 0 Å². The molecule has 0 atom stereocenters. The quantitative estimate of drug-likeness (QED) is 0.812. The molecule has 0 bridgehead atoms. The van der Waals surface area contributed by atoms with Crippen LogP contribution in [0.1, 0.15) is 0 Å². The molecule has 0 heterocycles. The lowest BCUT2D eigenvalue weighted by atomic mass is 10.4. The second-order valence-corrected chi connectivity index (χ2v) is 4.99. The van der Waals surface area contributed by atoms with Crippen molar-refractivity contribution < 1.29 is 22.7 Å². The van der Waals surface area contributed by atoms with Crippen LogP contribution in [0.3, 0.4) is 0 Å². The van der Waals surface area contributed by atoms with E-state index in [1.807, 2.05) is 0 Å². The van der Waals surface area contributed by atoms with E-state index in [1.54, 1.807) is 6.07 Å². The van der Waals surface area contributed by atoms with Crippen molar-refractivity contribution in [1.82, 2.24) is 0 Å². The summed E-state index contributed by atoms with van der Waals surface area (Å²) in [6.45, 7) is 0. The Hall–Kier alpha value is -1.69. The van der Waals surface area contributed by atoms with E-state index in [9.17, 15) is 17.6 Å². The van der Waals surface area contributed by atoms with Gasteiger partial charge in [0.2, 0.25) is 5.83 Å². The van der Waals surface area contributed by atoms with Gasteiger partial charge in [-0.1, -0.05) is 18.2 Å². The maximum Gasteiger partial charge on any atom is 0.364 e. The zero-order valence-corrected chi connectivity index (χ0v) is 8.95. The molecule has 4 nitrogen and oxygen atoms in total. The number of carboxylic acid groups (broad SMARTS) is 1. The van der Waals surface area contributed by atoms with E-state index in [2.05, 4.69) is 0 Å². The Balaban J connectivity index is 2.90. The molecule has 0 aliphatic rings. The second-order valence-electron chi connectivity index (χ2n) is 2.95. The molecular weight excluding hydrogens is 235 g/mol. The van der Waals surface area contributed by atoms with Crippen molar-refractivity contribution >= 4 is 15.8 Å². The van der Waals surface area contributed by atoms with Gasteiger partial charge in [-0.2, -0.15) is 4.39 Å². The third kappa shape index (κ3) is 3.16. The van der Waals surface area contributed by atoms with Crippen LogP contribution in [0.15, 0.2) is 47.1 Å². The number of rotatable bonds is 4. The van der Waals surface area contributed by atoms with Gasteiger partial charge in [-0.15, -0.1) is 0 Å². The van der Waals surface area contributed by atoms with E-state index in [0.717, 1.165) is 0 Å². The first-order chi connectivity index (χ1) is 7.43. The van der Waals surface area contributed by atoms with Gasteiger partial charge in [-0.3, -0.25) is 0 Å². The predicted molar refractivity (Wildman–Crippen MR) is 55.3 cm³/mol. The van der Waals surface area contributed by atoms with Gasteiger partial charge in [-0.25, -0.2) is 13.2 Å². The molecule has 0 fully saturated rings. The number of halogens is 1. The summed E-state index contributed by atoms with van der Waals surface area (Å²) in [7, 11) is -3.67. The Labute approximate surface area is 91.9 Å². The van der Waals surface area contributed by atoms with Crippen LogP contribution in [0.25, 0.3) is 0 Å². The molecule has 1 aromatic rings. The number of aliphatic carboxylic acids is 1. The van der Waals surface area contributed by atoms with Gasteiger partial charge in [0, 0.05) is 0 Å². The molecule has 0 aliphatic carbocycles. The molecule has 1 aromatic carbocycles. The fourth-order valence-corrected chi connectivity index (χ4v) is 2.12. The predicted octanol–water partition coefficient (Wildman–Crippen LogP) is 1.40. The van der Waals surface area contributed by atoms with Crippen LogP contribution in [-0.2, 0) is 14.6 Å². The van der Waals surface area contributed by atoms with Gasteiger partial charge >= 0.3 is 5.97 Å². The molecule has 0 saturated carbocycles. The molecule has 0 saturated heterocycles. The first-order valence-corrected chi connectivity index (χ1v) is 5.95. The lowest BCUT2D eigenvalue weighted by Gasteiger charge is -2.00. The third-order valence-corrected chi connectivity index (χ3v) is 3.38. The average Bonchev–Trinajstić information content (AvgIpc) is 2.27.